The minimum absolute atomic E-state index is 0.158. The number of H-pyrrole nitrogens is 1. The van der Waals surface area contributed by atoms with Crippen molar-refractivity contribution in [2.75, 3.05) is 32.0 Å². The van der Waals surface area contributed by atoms with E-state index in [0.717, 1.165) is 16.7 Å². The minimum atomic E-state index is -1.09. The van der Waals surface area contributed by atoms with Gasteiger partial charge < -0.3 is 33.7 Å². The molecule has 2 N–H and O–H groups in total. The number of nitrogens with one attached hydrogen (secondary N) is 1. The van der Waals surface area contributed by atoms with Gasteiger partial charge in [-0.05, 0) is 65.2 Å². The van der Waals surface area contributed by atoms with Gasteiger partial charge in [0.15, 0.2) is 18.1 Å². The molecule has 3 aromatic carbocycles. The maximum absolute atomic E-state index is 11.4. The Balaban J connectivity index is 1.57. The van der Waals surface area contributed by atoms with E-state index < -0.39 is 18.6 Å². The van der Waals surface area contributed by atoms with Crippen molar-refractivity contribution in [3.63, 3.8) is 0 Å². The number of rotatable bonds is 9. The average molecular weight is 532 g/mol. The molecule has 0 aliphatic carbocycles. The molecule has 0 saturated heterocycles. The van der Waals surface area contributed by atoms with Crippen LogP contribution < -0.4 is 28.6 Å². The molecule has 12 heteroatoms. The number of ether oxygens (including phenoxy) is 5. The number of tetrazole rings is 1. The van der Waals surface area contributed by atoms with E-state index in [1.807, 2.05) is 54.3 Å². The molecule has 4 aromatic rings. The Morgan fingerprint density at radius 2 is 1.82 bits per heavy atom. The van der Waals surface area contributed by atoms with Crippen molar-refractivity contribution in [1.29, 1.82) is 0 Å². The molecular weight excluding hydrogens is 506 g/mol. The number of benzene rings is 3. The summed E-state index contributed by atoms with van der Waals surface area (Å²) in [5.74, 6) is 2.15. The fourth-order valence-corrected chi connectivity index (χ4v) is 5.11. The summed E-state index contributed by atoms with van der Waals surface area (Å²) in [4.78, 5) is 13.4. The number of nitrogens with zero attached hydrogens (tertiary/aromatic N) is 4. The van der Waals surface area contributed by atoms with Crippen molar-refractivity contribution < 1.29 is 33.6 Å². The van der Waals surface area contributed by atoms with Crippen LogP contribution in [0.5, 0.6) is 28.7 Å². The van der Waals surface area contributed by atoms with Gasteiger partial charge in [-0.25, -0.2) is 4.79 Å². The summed E-state index contributed by atoms with van der Waals surface area (Å²) in [6, 6.07) is 16.2. The molecule has 0 bridgehead atoms. The van der Waals surface area contributed by atoms with Crippen LogP contribution in [-0.2, 0) is 4.79 Å². The molecule has 1 aromatic heterocycles. The fourth-order valence-electron chi connectivity index (χ4n) is 5.11. The van der Waals surface area contributed by atoms with Crippen molar-refractivity contribution in [1.82, 2.24) is 20.6 Å². The first-order valence-electron chi connectivity index (χ1n) is 12.3. The number of anilines is 1. The van der Waals surface area contributed by atoms with E-state index in [4.69, 9.17) is 23.7 Å². The first-order valence-corrected chi connectivity index (χ1v) is 12.3. The van der Waals surface area contributed by atoms with Crippen molar-refractivity contribution in [3.05, 3.63) is 76.9 Å². The normalized spacial score (nSPS) is 17.1. The summed E-state index contributed by atoms with van der Waals surface area (Å²) in [7, 11) is 1.54. The van der Waals surface area contributed by atoms with Crippen LogP contribution in [0.15, 0.2) is 54.6 Å². The number of carbonyl (C=O) groups is 1. The standard InChI is InChI=1S/C27H25N5O7/c1-3-36-17-6-7-18-20(11-17)26(19-8-5-16(35-2)12-22(19)37-13-24(33)34)32(27-28-30-31-29-27)25(18)15-4-9-21-23(10-15)39-14-38-21/h4-12,25-26H,3,13-14H2,1-2H3,(H,33,34)(H,28,29,30,31)/t25-,26-/m1/s1. The highest BCUT2D eigenvalue weighted by Crippen LogP contribution is 2.53. The second kappa shape index (κ2) is 10.0. The minimum Gasteiger partial charge on any atom is -0.497 e. The molecule has 2 atom stereocenters. The fraction of sp³-hybridized carbons (Fsp3) is 0.259. The molecule has 0 spiro atoms. The van der Waals surface area contributed by atoms with Crippen molar-refractivity contribution in [2.45, 2.75) is 19.0 Å². The molecule has 0 amide bonds. The largest absolute Gasteiger partial charge is 0.497 e. The lowest BCUT2D eigenvalue weighted by atomic mass is 9.94. The molecule has 0 fully saturated rings. The van der Waals surface area contributed by atoms with E-state index in [2.05, 4.69) is 20.6 Å². The number of aliphatic carboxylic acids is 1. The summed E-state index contributed by atoms with van der Waals surface area (Å²) in [5, 5.41) is 24.4. The number of aromatic amines is 1. The van der Waals surface area contributed by atoms with Gasteiger partial charge in [-0.2, -0.15) is 5.21 Å². The number of carboxylic acids is 1. The highest BCUT2D eigenvalue weighted by Gasteiger charge is 2.44. The van der Waals surface area contributed by atoms with E-state index in [1.54, 1.807) is 12.1 Å². The van der Waals surface area contributed by atoms with Gasteiger partial charge in [-0.3, -0.25) is 0 Å². The predicted molar refractivity (Wildman–Crippen MR) is 137 cm³/mol. The number of carboxylic acid groups (broad SMARTS) is 1. The molecule has 0 saturated carbocycles. The van der Waals surface area contributed by atoms with Gasteiger partial charge in [-0.15, -0.1) is 5.10 Å². The highest BCUT2D eigenvalue weighted by molar-refractivity contribution is 5.69. The second-order valence-corrected chi connectivity index (χ2v) is 8.85. The Labute approximate surface area is 223 Å². The van der Waals surface area contributed by atoms with Crippen LogP contribution in [0.4, 0.5) is 5.95 Å². The van der Waals surface area contributed by atoms with Gasteiger partial charge in [0, 0.05) is 11.6 Å². The summed E-state index contributed by atoms with van der Waals surface area (Å²) in [5.41, 5.74) is 3.50. The van der Waals surface area contributed by atoms with Gasteiger partial charge in [-0.1, -0.05) is 17.2 Å². The summed E-state index contributed by atoms with van der Waals surface area (Å²) < 4.78 is 28.2. The number of hydrogen-bond acceptors (Lipinski definition) is 10. The van der Waals surface area contributed by atoms with Crippen molar-refractivity contribution in [3.8, 4) is 28.7 Å². The van der Waals surface area contributed by atoms with Gasteiger partial charge in [0.25, 0.3) is 5.95 Å². The van der Waals surface area contributed by atoms with E-state index in [-0.39, 0.29) is 12.8 Å². The molecule has 0 radical (unpaired) electrons. The Hall–Kier alpha value is -5.00. The van der Waals surface area contributed by atoms with Gasteiger partial charge in [0.1, 0.15) is 17.2 Å². The molecule has 12 nitrogen and oxygen atoms in total. The molecule has 39 heavy (non-hydrogen) atoms. The van der Waals surface area contributed by atoms with Gasteiger partial charge in [0.05, 0.1) is 25.8 Å². The number of hydrogen-bond donors (Lipinski definition) is 2. The van der Waals surface area contributed by atoms with E-state index >= 15 is 0 Å². The summed E-state index contributed by atoms with van der Waals surface area (Å²) in [6.07, 6.45) is 0. The molecule has 3 heterocycles. The van der Waals surface area contributed by atoms with Crippen LogP contribution in [0.3, 0.4) is 0 Å². The van der Waals surface area contributed by atoms with Crippen LogP contribution in [-0.4, -0.2) is 58.8 Å². The lowest BCUT2D eigenvalue weighted by Crippen LogP contribution is -2.29. The number of aromatic nitrogens is 4. The maximum Gasteiger partial charge on any atom is 0.341 e. The predicted octanol–water partition coefficient (Wildman–Crippen LogP) is 3.50. The van der Waals surface area contributed by atoms with E-state index in [9.17, 15) is 9.90 Å². The Kier molecular flexibility index (Phi) is 6.27. The van der Waals surface area contributed by atoms with Crippen molar-refractivity contribution >= 4 is 11.9 Å². The first-order chi connectivity index (χ1) is 19.1. The zero-order valence-corrected chi connectivity index (χ0v) is 21.2. The summed E-state index contributed by atoms with van der Waals surface area (Å²) in [6.45, 7) is 2.06. The van der Waals surface area contributed by atoms with Gasteiger partial charge >= 0.3 is 5.97 Å². The first kappa shape index (κ1) is 24.3. The van der Waals surface area contributed by atoms with Crippen LogP contribution >= 0.6 is 0 Å². The monoisotopic (exact) mass is 531 g/mol. The Morgan fingerprint density at radius 1 is 1.00 bits per heavy atom. The number of methoxy groups -OCH3 is 1. The second-order valence-electron chi connectivity index (χ2n) is 8.85. The lowest BCUT2D eigenvalue weighted by Gasteiger charge is -2.31. The van der Waals surface area contributed by atoms with Gasteiger partial charge in [0.2, 0.25) is 6.79 Å². The third-order valence-corrected chi connectivity index (χ3v) is 6.66. The smallest absolute Gasteiger partial charge is 0.341 e. The molecule has 200 valence electrons. The third kappa shape index (κ3) is 4.39. The number of fused-ring (bicyclic) bond motifs is 2. The Bertz CT molecular complexity index is 1510. The van der Waals surface area contributed by atoms with E-state index in [0.29, 0.717) is 46.9 Å². The van der Waals surface area contributed by atoms with Crippen molar-refractivity contribution in [2.24, 2.45) is 0 Å². The molecule has 0 unspecified atom stereocenters. The highest BCUT2D eigenvalue weighted by atomic mass is 16.7. The van der Waals surface area contributed by atoms with Crippen LogP contribution in [0.1, 0.15) is 41.3 Å². The zero-order valence-electron chi connectivity index (χ0n) is 21.2. The zero-order chi connectivity index (χ0) is 26.9. The topological polar surface area (TPSA) is 141 Å². The van der Waals surface area contributed by atoms with E-state index in [1.165, 1.54) is 7.11 Å². The molecule has 2 aliphatic rings. The molecule has 2 aliphatic heterocycles. The SMILES string of the molecule is CCOc1ccc2c(c1)[C@@H](c1ccc(OC)cc1OCC(=O)O)N(c1nn[nH]n1)[C@@H]2c1ccc2c(c1)OCO2. The maximum atomic E-state index is 11.4. The van der Waals surface area contributed by atoms with Crippen LogP contribution in [0.25, 0.3) is 0 Å². The van der Waals surface area contributed by atoms with Crippen LogP contribution in [0, 0.1) is 0 Å². The third-order valence-electron chi connectivity index (χ3n) is 6.66. The molecular formula is C27H25N5O7. The quantitative estimate of drug-likeness (QED) is 0.328. The average Bonchev–Trinajstić information content (AvgIpc) is 3.70. The summed E-state index contributed by atoms with van der Waals surface area (Å²) >= 11 is 0. The Morgan fingerprint density at radius 3 is 2.59 bits per heavy atom. The van der Waals surface area contributed by atoms with Crippen LogP contribution in [0.2, 0.25) is 0 Å². The lowest BCUT2D eigenvalue weighted by molar-refractivity contribution is -0.139. The molecule has 6 rings (SSSR count).